The summed E-state index contributed by atoms with van der Waals surface area (Å²) in [5, 5.41) is 0. The summed E-state index contributed by atoms with van der Waals surface area (Å²) in [5.41, 5.74) is 17.7. The van der Waals surface area contributed by atoms with Crippen LogP contribution in [-0.4, -0.2) is 19.9 Å². The number of hydrogen-bond donors (Lipinski definition) is 2. The zero-order valence-corrected chi connectivity index (χ0v) is 36.3. The van der Waals surface area contributed by atoms with Gasteiger partial charge in [0.2, 0.25) is 0 Å². The molecule has 8 bridgehead atoms. The molecule has 0 saturated carbocycles. The predicted molar refractivity (Wildman–Crippen MR) is 266 cm³/mol. The molecule has 0 spiro atoms. The van der Waals surface area contributed by atoms with Crippen LogP contribution in [0.4, 0.5) is 0 Å². The molecule has 0 aliphatic carbocycles. The summed E-state index contributed by atoms with van der Waals surface area (Å²) in [6.45, 7) is 6.58. The van der Waals surface area contributed by atoms with E-state index in [0.29, 0.717) is 0 Å². The third kappa shape index (κ3) is 9.36. The van der Waals surface area contributed by atoms with Gasteiger partial charge in [-0.3, -0.25) is 4.98 Å². The van der Waals surface area contributed by atoms with Crippen molar-refractivity contribution in [2.45, 2.75) is 32.6 Å². The maximum atomic E-state index is 5.33. The van der Waals surface area contributed by atoms with Gasteiger partial charge in [0, 0.05) is 78.7 Å². The third-order valence-electron chi connectivity index (χ3n) is 11.4. The average molecular weight is 831 g/mol. The molecule has 0 radical (unpaired) electrons. The first kappa shape index (κ1) is 40.3. The van der Waals surface area contributed by atoms with E-state index in [4.69, 9.17) is 9.97 Å². The Labute approximate surface area is 380 Å². The van der Waals surface area contributed by atoms with Crippen molar-refractivity contribution in [1.82, 2.24) is 19.9 Å². The van der Waals surface area contributed by atoms with Crippen LogP contribution in [0.2, 0.25) is 0 Å². The van der Waals surface area contributed by atoms with Gasteiger partial charge in [0.15, 0.2) is 0 Å². The highest BCUT2D eigenvalue weighted by atomic mass is 14.8. The summed E-state index contributed by atoms with van der Waals surface area (Å²) in [5.74, 6) is 26.8. The molecule has 0 fully saturated rings. The van der Waals surface area contributed by atoms with Crippen molar-refractivity contribution >= 4 is 33.7 Å². The predicted octanol–water partition coefficient (Wildman–Crippen LogP) is 12.6. The Morgan fingerprint density at radius 2 is 1.02 bits per heavy atom. The first-order chi connectivity index (χ1) is 31.8. The van der Waals surface area contributed by atoms with Gasteiger partial charge in [-0.25, -0.2) is 4.98 Å². The number of fused-ring (bicyclic) bond motifs is 8. The fourth-order valence-corrected chi connectivity index (χ4v) is 7.91. The normalized spacial score (nSPS) is 12.2. The number of nitrogens with one attached hydrogen (secondary N) is 2. The van der Waals surface area contributed by atoms with Crippen LogP contribution in [0.3, 0.4) is 0 Å². The molecule has 4 nitrogen and oxygen atoms in total. The van der Waals surface area contributed by atoms with Crippen molar-refractivity contribution in [3.63, 3.8) is 0 Å². The number of H-pyrrole nitrogens is 2. The quantitative estimate of drug-likeness (QED) is 0.162. The Balaban J connectivity index is 1.08. The van der Waals surface area contributed by atoms with E-state index in [1.54, 1.807) is 0 Å². The van der Waals surface area contributed by atoms with E-state index >= 15 is 0 Å². The zero-order valence-electron chi connectivity index (χ0n) is 36.3. The lowest BCUT2D eigenvalue weighted by Crippen LogP contribution is -2.14. The van der Waals surface area contributed by atoms with Crippen molar-refractivity contribution in [3.05, 3.63) is 237 Å². The highest BCUT2D eigenvalue weighted by molar-refractivity contribution is 5.98. The van der Waals surface area contributed by atoms with Crippen LogP contribution >= 0.6 is 0 Å². The van der Waals surface area contributed by atoms with Gasteiger partial charge in [-0.15, -0.1) is 0 Å². The molecule has 10 rings (SSSR count). The average Bonchev–Trinajstić information content (AvgIpc) is 4.11. The molecular weight excluding hydrogens is 789 g/mol. The van der Waals surface area contributed by atoms with Crippen molar-refractivity contribution in [3.8, 4) is 58.5 Å². The highest BCUT2D eigenvalue weighted by Crippen LogP contribution is 2.35. The molecular formula is C61H42N4. The van der Waals surface area contributed by atoms with E-state index in [-0.39, 0.29) is 5.41 Å². The zero-order chi connectivity index (χ0) is 44.2. The van der Waals surface area contributed by atoms with Crippen LogP contribution in [0, 0.1) is 54.3 Å². The summed E-state index contributed by atoms with van der Waals surface area (Å²) >= 11 is 0. The van der Waals surface area contributed by atoms with E-state index in [9.17, 15) is 0 Å². The largest absolute Gasteiger partial charge is 0.355 e. The van der Waals surface area contributed by atoms with Gasteiger partial charge in [-0.05, 0) is 128 Å². The van der Waals surface area contributed by atoms with Gasteiger partial charge in [-0.1, -0.05) is 127 Å². The topological polar surface area (TPSA) is 57.4 Å². The van der Waals surface area contributed by atoms with Crippen LogP contribution in [0.25, 0.3) is 44.8 Å². The molecule has 3 aromatic heterocycles. The number of aromatic amines is 2. The molecule has 0 unspecified atom stereocenters. The summed E-state index contributed by atoms with van der Waals surface area (Å²) < 4.78 is 0. The molecule has 2 aliphatic rings. The van der Waals surface area contributed by atoms with Crippen molar-refractivity contribution in [1.29, 1.82) is 0 Å². The lowest BCUT2D eigenvalue weighted by molar-refractivity contribution is 0.543. The summed E-state index contributed by atoms with van der Waals surface area (Å²) in [6.07, 6.45) is 2.87. The molecule has 4 heteroatoms. The standard InChI is InChI=1S/C61H42N4/c1-42-14-30-49(31-15-42)60-55-35-34-52(62-55)38-56-50(32-28-47-24-20-45(21-25-47)18-16-43-10-6-4-7-11-43)36-53(63-56)40-59-61(2,3)41-54(64-59)39-57-51(37-58(60)65-57)33-29-48-26-22-46(23-27-48)19-17-44-12-8-5-9-13-44/h4-15,20-27,30-31,34-40,62-63H,41H2,1-3H3. The SMILES string of the molecule is Cc1ccc(-c2c3nc(cc4nc(cc5cc(C#Cc6ccc(C#Cc7ccccc7)cc6)c(cc6ccc2[nH]6)[nH]5)C(C)(C)C4)C(C#Cc2ccc(C#Cc4ccccc4)cc2)=C3)cc1. The number of nitrogens with zero attached hydrogens (tertiary/aromatic N) is 2. The van der Waals surface area contributed by atoms with E-state index in [1.807, 2.05) is 109 Å². The van der Waals surface area contributed by atoms with Crippen molar-refractivity contribution in [2.24, 2.45) is 0 Å². The van der Waals surface area contributed by atoms with Gasteiger partial charge < -0.3 is 9.97 Å². The van der Waals surface area contributed by atoms with E-state index in [2.05, 4.69) is 145 Å². The number of aromatic nitrogens is 4. The smallest absolute Gasteiger partial charge is 0.0812 e. The minimum Gasteiger partial charge on any atom is -0.355 e. The van der Waals surface area contributed by atoms with E-state index in [1.165, 1.54) is 5.56 Å². The Bertz CT molecular complexity index is 3580. The number of hydrogen-bond acceptors (Lipinski definition) is 2. The van der Waals surface area contributed by atoms with Gasteiger partial charge in [0.05, 0.1) is 28.0 Å². The van der Waals surface area contributed by atoms with Crippen molar-refractivity contribution < 1.29 is 0 Å². The number of allylic oxidation sites excluding steroid dienone is 1. The fraction of sp³-hybridized carbons (Fsp3) is 0.0820. The molecule has 0 atom stereocenters. The molecule has 2 aliphatic heterocycles. The second kappa shape index (κ2) is 17.5. The summed E-state index contributed by atoms with van der Waals surface area (Å²) in [4.78, 5) is 18.0. The lowest BCUT2D eigenvalue weighted by Gasteiger charge is -2.15. The van der Waals surface area contributed by atoms with Crippen molar-refractivity contribution in [2.75, 3.05) is 0 Å². The van der Waals surface area contributed by atoms with Crippen LogP contribution in [-0.2, 0) is 11.8 Å². The second-order valence-corrected chi connectivity index (χ2v) is 16.9. The van der Waals surface area contributed by atoms with Crippen LogP contribution in [0.1, 0.15) is 81.1 Å². The maximum absolute atomic E-state index is 5.33. The highest BCUT2D eigenvalue weighted by Gasteiger charge is 2.29. The van der Waals surface area contributed by atoms with E-state index < -0.39 is 0 Å². The van der Waals surface area contributed by atoms with Gasteiger partial charge >= 0.3 is 0 Å². The number of rotatable bonds is 1. The Morgan fingerprint density at radius 3 is 1.62 bits per heavy atom. The number of aryl methyl sites for hydroxylation is 1. The fourth-order valence-electron chi connectivity index (χ4n) is 7.91. The molecule has 0 amide bonds. The molecule has 8 aromatic rings. The Morgan fingerprint density at radius 1 is 0.477 bits per heavy atom. The summed E-state index contributed by atoms with van der Waals surface area (Å²) in [6, 6.07) is 57.5. The van der Waals surface area contributed by atoms with Crippen LogP contribution < -0.4 is 0 Å². The second-order valence-electron chi connectivity index (χ2n) is 16.9. The molecule has 2 N–H and O–H groups in total. The maximum Gasteiger partial charge on any atom is 0.0812 e. The first-order valence-electron chi connectivity index (χ1n) is 21.7. The monoisotopic (exact) mass is 830 g/mol. The Hall–Kier alpha value is -8.80. The first-order valence-corrected chi connectivity index (χ1v) is 21.7. The minimum absolute atomic E-state index is 0.217. The number of benzene rings is 5. The van der Waals surface area contributed by atoms with E-state index in [0.717, 1.165) is 107 Å². The molecule has 5 aromatic carbocycles. The molecule has 65 heavy (non-hydrogen) atoms. The van der Waals surface area contributed by atoms with Gasteiger partial charge in [0.1, 0.15) is 0 Å². The van der Waals surface area contributed by atoms with Crippen LogP contribution in [0.5, 0.6) is 0 Å². The molecule has 5 heterocycles. The van der Waals surface area contributed by atoms with Gasteiger partial charge in [0.25, 0.3) is 0 Å². The summed E-state index contributed by atoms with van der Waals surface area (Å²) in [7, 11) is 0. The lowest BCUT2D eigenvalue weighted by atomic mass is 9.87. The molecule has 0 saturated heterocycles. The minimum atomic E-state index is -0.217. The van der Waals surface area contributed by atoms with Crippen LogP contribution in [0.15, 0.2) is 170 Å². The van der Waals surface area contributed by atoms with Gasteiger partial charge in [-0.2, -0.15) is 0 Å². The Kier molecular flexibility index (Phi) is 10.9. The molecule has 306 valence electrons. The third-order valence-corrected chi connectivity index (χ3v) is 11.4.